The molecule has 0 fully saturated rings. The molecule has 0 aliphatic carbocycles. The number of thioether (sulfide) groups is 1. The minimum atomic E-state index is -0.486. The van der Waals surface area contributed by atoms with E-state index >= 15 is 0 Å². The van der Waals surface area contributed by atoms with Gasteiger partial charge in [-0.2, -0.15) is 0 Å². The second-order valence-electron chi connectivity index (χ2n) is 5.47. The Morgan fingerprint density at radius 1 is 1.15 bits per heavy atom. The smallest absolute Gasteiger partial charge is 0.269 e. The lowest BCUT2D eigenvalue weighted by Crippen LogP contribution is -2.35. The maximum absolute atomic E-state index is 12.2. The summed E-state index contributed by atoms with van der Waals surface area (Å²) >= 11 is 12.9. The first-order valence-corrected chi connectivity index (χ1v) is 9.36. The standard InChI is InChI=1S/C17H15Cl2N3O4S/c1-21(9-16(23)20-11-2-7-14(18)15(19)8-11)17(24)10-27-13-5-3-12(4-6-13)22(25)26/h2-8H,9-10H2,1H3,(H,20,23). The van der Waals surface area contributed by atoms with Gasteiger partial charge in [-0.1, -0.05) is 23.2 Å². The van der Waals surface area contributed by atoms with Gasteiger partial charge in [0, 0.05) is 29.8 Å². The molecule has 0 unspecified atom stereocenters. The molecule has 2 amide bonds. The van der Waals surface area contributed by atoms with Crippen LogP contribution in [0.3, 0.4) is 0 Å². The lowest BCUT2D eigenvalue weighted by molar-refractivity contribution is -0.384. The highest BCUT2D eigenvalue weighted by Crippen LogP contribution is 2.25. The number of non-ortho nitro benzene ring substituents is 1. The Hall–Kier alpha value is -2.29. The number of benzene rings is 2. The highest BCUT2D eigenvalue weighted by molar-refractivity contribution is 8.00. The lowest BCUT2D eigenvalue weighted by Gasteiger charge is -2.16. The Bertz CT molecular complexity index is 862. The van der Waals surface area contributed by atoms with E-state index in [4.69, 9.17) is 23.2 Å². The summed E-state index contributed by atoms with van der Waals surface area (Å²) in [5.41, 5.74) is 0.470. The van der Waals surface area contributed by atoms with Gasteiger partial charge < -0.3 is 10.2 Å². The molecule has 0 saturated carbocycles. The maximum Gasteiger partial charge on any atom is 0.269 e. The molecule has 7 nitrogen and oxygen atoms in total. The number of likely N-dealkylation sites (N-methyl/N-ethyl adjacent to an activating group) is 1. The number of carbonyl (C=O) groups excluding carboxylic acids is 2. The Labute approximate surface area is 169 Å². The van der Waals surface area contributed by atoms with E-state index in [9.17, 15) is 19.7 Å². The topological polar surface area (TPSA) is 92.6 Å². The third-order valence-electron chi connectivity index (χ3n) is 3.42. The van der Waals surface area contributed by atoms with Crippen LogP contribution in [-0.2, 0) is 9.59 Å². The normalized spacial score (nSPS) is 10.3. The number of carbonyl (C=O) groups is 2. The number of halogens is 2. The van der Waals surface area contributed by atoms with Crippen molar-refractivity contribution in [3.8, 4) is 0 Å². The van der Waals surface area contributed by atoms with Gasteiger partial charge in [-0.15, -0.1) is 11.8 Å². The summed E-state index contributed by atoms with van der Waals surface area (Å²) in [5, 5.41) is 14.0. The molecule has 27 heavy (non-hydrogen) atoms. The second kappa shape index (κ2) is 9.59. The minimum absolute atomic E-state index is 0.0123. The summed E-state index contributed by atoms with van der Waals surface area (Å²) in [6, 6.07) is 10.6. The lowest BCUT2D eigenvalue weighted by atomic mass is 10.3. The largest absolute Gasteiger partial charge is 0.336 e. The zero-order chi connectivity index (χ0) is 20.0. The highest BCUT2D eigenvalue weighted by Gasteiger charge is 2.14. The van der Waals surface area contributed by atoms with E-state index < -0.39 is 4.92 Å². The fourth-order valence-electron chi connectivity index (χ4n) is 2.00. The van der Waals surface area contributed by atoms with Crippen molar-refractivity contribution in [1.29, 1.82) is 0 Å². The summed E-state index contributed by atoms with van der Waals surface area (Å²) in [5.74, 6) is -0.513. The van der Waals surface area contributed by atoms with Crippen LogP contribution >= 0.6 is 35.0 Å². The zero-order valence-corrected chi connectivity index (χ0v) is 16.5. The SMILES string of the molecule is CN(CC(=O)Nc1ccc(Cl)c(Cl)c1)C(=O)CSc1ccc([N+](=O)[O-])cc1. The van der Waals surface area contributed by atoms with Crippen LogP contribution in [0.15, 0.2) is 47.4 Å². The fraction of sp³-hybridized carbons (Fsp3) is 0.176. The van der Waals surface area contributed by atoms with Crippen LogP contribution in [0.25, 0.3) is 0 Å². The molecule has 0 aliphatic rings. The van der Waals surface area contributed by atoms with Crippen LogP contribution in [0.5, 0.6) is 0 Å². The molecule has 10 heteroatoms. The van der Waals surface area contributed by atoms with E-state index in [2.05, 4.69) is 5.32 Å². The van der Waals surface area contributed by atoms with Crippen LogP contribution in [0.1, 0.15) is 0 Å². The van der Waals surface area contributed by atoms with Gasteiger partial charge in [-0.05, 0) is 30.3 Å². The average Bonchev–Trinajstić information content (AvgIpc) is 2.63. The molecule has 0 spiro atoms. The molecule has 2 aromatic rings. The Balaban J connectivity index is 1.82. The van der Waals surface area contributed by atoms with Gasteiger partial charge in [0.1, 0.15) is 0 Å². The van der Waals surface area contributed by atoms with Crippen LogP contribution in [0, 0.1) is 10.1 Å². The van der Waals surface area contributed by atoms with Crippen molar-refractivity contribution in [1.82, 2.24) is 4.90 Å². The third-order valence-corrected chi connectivity index (χ3v) is 5.16. The Morgan fingerprint density at radius 2 is 1.81 bits per heavy atom. The molecule has 0 bridgehead atoms. The number of amides is 2. The monoisotopic (exact) mass is 427 g/mol. The fourth-order valence-corrected chi connectivity index (χ4v) is 3.13. The first-order valence-electron chi connectivity index (χ1n) is 7.62. The van der Waals surface area contributed by atoms with Gasteiger partial charge in [-0.25, -0.2) is 0 Å². The molecule has 0 aliphatic heterocycles. The molecule has 1 N–H and O–H groups in total. The number of rotatable bonds is 7. The number of nitro benzene ring substituents is 1. The van der Waals surface area contributed by atoms with Crippen molar-refractivity contribution >= 4 is 58.2 Å². The molecule has 0 aromatic heterocycles. The van der Waals surface area contributed by atoms with Crippen molar-refractivity contribution in [3.05, 3.63) is 62.6 Å². The Morgan fingerprint density at radius 3 is 2.41 bits per heavy atom. The average molecular weight is 428 g/mol. The van der Waals surface area contributed by atoms with E-state index in [1.165, 1.54) is 41.9 Å². The zero-order valence-electron chi connectivity index (χ0n) is 14.1. The molecule has 0 radical (unpaired) electrons. The van der Waals surface area contributed by atoms with E-state index in [0.717, 1.165) is 4.90 Å². The maximum atomic E-state index is 12.2. The van der Waals surface area contributed by atoms with Gasteiger partial charge >= 0.3 is 0 Å². The molecule has 0 atom stereocenters. The predicted molar refractivity (Wildman–Crippen MR) is 107 cm³/mol. The predicted octanol–water partition coefficient (Wildman–Crippen LogP) is 4.09. The first-order chi connectivity index (χ1) is 12.8. The number of hydrogen-bond donors (Lipinski definition) is 1. The highest BCUT2D eigenvalue weighted by atomic mass is 35.5. The van der Waals surface area contributed by atoms with E-state index in [0.29, 0.717) is 15.7 Å². The number of hydrogen-bond acceptors (Lipinski definition) is 5. The van der Waals surface area contributed by atoms with E-state index in [-0.39, 0.29) is 29.8 Å². The summed E-state index contributed by atoms with van der Waals surface area (Å²) in [4.78, 5) is 36.4. The van der Waals surface area contributed by atoms with Gasteiger partial charge in [0.15, 0.2) is 0 Å². The summed E-state index contributed by atoms with van der Waals surface area (Å²) in [6.07, 6.45) is 0. The number of nitrogens with zero attached hydrogens (tertiary/aromatic N) is 2. The van der Waals surface area contributed by atoms with Gasteiger partial charge in [0.2, 0.25) is 11.8 Å². The van der Waals surface area contributed by atoms with Gasteiger partial charge in [0.05, 0.1) is 27.3 Å². The molecule has 2 rings (SSSR count). The molecule has 2 aromatic carbocycles. The van der Waals surface area contributed by atoms with Crippen LogP contribution in [0.4, 0.5) is 11.4 Å². The Kier molecular flexibility index (Phi) is 7.46. The third kappa shape index (κ3) is 6.42. The van der Waals surface area contributed by atoms with Gasteiger partial charge in [-0.3, -0.25) is 19.7 Å². The number of nitrogens with one attached hydrogen (secondary N) is 1. The molecule has 142 valence electrons. The van der Waals surface area contributed by atoms with Gasteiger partial charge in [0.25, 0.3) is 5.69 Å². The van der Waals surface area contributed by atoms with Crippen molar-refractivity contribution < 1.29 is 14.5 Å². The van der Waals surface area contributed by atoms with Crippen molar-refractivity contribution in [2.45, 2.75) is 4.90 Å². The van der Waals surface area contributed by atoms with E-state index in [1.54, 1.807) is 24.3 Å². The quantitative estimate of drug-likeness (QED) is 0.407. The van der Waals surface area contributed by atoms with Crippen molar-refractivity contribution in [3.63, 3.8) is 0 Å². The summed E-state index contributed by atoms with van der Waals surface area (Å²) < 4.78 is 0. The van der Waals surface area contributed by atoms with Crippen molar-refractivity contribution in [2.75, 3.05) is 24.7 Å². The summed E-state index contributed by atoms with van der Waals surface area (Å²) in [6.45, 7) is -0.125. The van der Waals surface area contributed by atoms with E-state index in [1.807, 2.05) is 0 Å². The number of anilines is 1. The van der Waals surface area contributed by atoms with Crippen LogP contribution in [-0.4, -0.2) is 41.0 Å². The van der Waals surface area contributed by atoms with Crippen molar-refractivity contribution in [2.24, 2.45) is 0 Å². The number of nitro groups is 1. The van der Waals surface area contributed by atoms with Crippen LogP contribution in [0.2, 0.25) is 10.0 Å². The van der Waals surface area contributed by atoms with Crippen LogP contribution < -0.4 is 5.32 Å². The molecule has 0 saturated heterocycles. The molecule has 0 heterocycles. The first kappa shape index (κ1) is 21.0. The summed E-state index contributed by atoms with van der Waals surface area (Å²) in [7, 11) is 1.52. The minimum Gasteiger partial charge on any atom is -0.336 e. The second-order valence-corrected chi connectivity index (χ2v) is 7.33. The molecular formula is C17H15Cl2N3O4S. The molecular weight excluding hydrogens is 413 g/mol.